The summed E-state index contributed by atoms with van der Waals surface area (Å²) in [7, 11) is 0. The molecule has 1 aliphatic heterocycles. The minimum atomic E-state index is -0.603. The highest BCUT2D eigenvalue weighted by molar-refractivity contribution is 6.05. The molecule has 27 heavy (non-hydrogen) atoms. The molecule has 1 aromatic heterocycles. The standard InChI is InChI=1S/C20H17N5O2/c1-11(18(21)26)9-25-10-17-15(19(25)27)5-4-12-2-3-13(6-16(12)17)14-7-23-20(22)24-8-14/h2-8H,1,9-10H2,(H2,21,26)(H2,22,23,24). The summed E-state index contributed by atoms with van der Waals surface area (Å²) in [5.74, 6) is -0.513. The van der Waals surface area contributed by atoms with Gasteiger partial charge in [0.15, 0.2) is 0 Å². The van der Waals surface area contributed by atoms with Crippen LogP contribution in [0.25, 0.3) is 21.9 Å². The largest absolute Gasteiger partial charge is 0.368 e. The fourth-order valence-electron chi connectivity index (χ4n) is 3.29. The van der Waals surface area contributed by atoms with Crippen LogP contribution in [-0.4, -0.2) is 33.2 Å². The molecule has 4 rings (SSSR count). The summed E-state index contributed by atoms with van der Waals surface area (Å²) in [6, 6.07) is 9.73. The minimum Gasteiger partial charge on any atom is -0.368 e. The van der Waals surface area contributed by atoms with Crippen LogP contribution in [0.15, 0.2) is 54.9 Å². The van der Waals surface area contributed by atoms with E-state index in [1.165, 1.54) is 0 Å². The van der Waals surface area contributed by atoms with Crippen LogP contribution in [0, 0.1) is 0 Å². The molecule has 0 spiro atoms. The Balaban J connectivity index is 1.76. The first kappa shape index (κ1) is 16.7. The average molecular weight is 359 g/mol. The van der Waals surface area contributed by atoms with Crippen LogP contribution in [0.2, 0.25) is 0 Å². The Bertz CT molecular complexity index is 1110. The number of fused-ring (bicyclic) bond motifs is 3. The van der Waals surface area contributed by atoms with Crippen LogP contribution >= 0.6 is 0 Å². The van der Waals surface area contributed by atoms with Gasteiger partial charge in [-0.2, -0.15) is 0 Å². The highest BCUT2D eigenvalue weighted by Gasteiger charge is 2.29. The van der Waals surface area contributed by atoms with Gasteiger partial charge in [0, 0.05) is 35.6 Å². The van der Waals surface area contributed by atoms with Crippen molar-refractivity contribution in [2.45, 2.75) is 6.54 Å². The average Bonchev–Trinajstić information content (AvgIpc) is 2.98. The van der Waals surface area contributed by atoms with Crippen molar-refractivity contribution in [3.05, 3.63) is 66.0 Å². The lowest BCUT2D eigenvalue weighted by Gasteiger charge is -2.15. The molecule has 134 valence electrons. The molecule has 2 heterocycles. The van der Waals surface area contributed by atoms with Crippen molar-refractivity contribution >= 4 is 28.5 Å². The number of nitrogens with zero attached hydrogens (tertiary/aromatic N) is 3. The molecule has 0 saturated heterocycles. The van der Waals surface area contributed by atoms with Crippen molar-refractivity contribution in [1.29, 1.82) is 0 Å². The number of hydrogen-bond donors (Lipinski definition) is 2. The van der Waals surface area contributed by atoms with Gasteiger partial charge in [-0.05, 0) is 34.0 Å². The Morgan fingerprint density at radius 3 is 2.56 bits per heavy atom. The van der Waals surface area contributed by atoms with Crippen LogP contribution in [0.5, 0.6) is 0 Å². The van der Waals surface area contributed by atoms with Gasteiger partial charge in [0.1, 0.15) is 0 Å². The topological polar surface area (TPSA) is 115 Å². The second-order valence-electron chi connectivity index (χ2n) is 6.49. The lowest BCUT2D eigenvalue weighted by atomic mass is 9.97. The number of nitrogen functional groups attached to an aromatic ring is 1. The van der Waals surface area contributed by atoms with E-state index in [1.807, 2.05) is 30.3 Å². The van der Waals surface area contributed by atoms with E-state index in [1.54, 1.807) is 17.3 Å². The Labute approximate surface area is 155 Å². The molecule has 2 amide bonds. The van der Waals surface area contributed by atoms with Gasteiger partial charge >= 0.3 is 0 Å². The van der Waals surface area contributed by atoms with Gasteiger partial charge in [-0.3, -0.25) is 9.59 Å². The number of anilines is 1. The predicted molar refractivity (Wildman–Crippen MR) is 102 cm³/mol. The number of primary amides is 1. The summed E-state index contributed by atoms with van der Waals surface area (Å²) >= 11 is 0. The molecule has 7 heteroatoms. The van der Waals surface area contributed by atoms with Crippen molar-refractivity contribution < 1.29 is 9.59 Å². The van der Waals surface area contributed by atoms with Crippen LogP contribution in [-0.2, 0) is 11.3 Å². The number of hydrogen-bond acceptors (Lipinski definition) is 5. The van der Waals surface area contributed by atoms with Crippen LogP contribution in [0.1, 0.15) is 15.9 Å². The quantitative estimate of drug-likeness (QED) is 0.690. The van der Waals surface area contributed by atoms with Crippen LogP contribution in [0.3, 0.4) is 0 Å². The summed E-state index contributed by atoms with van der Waals surface area (Å²) in [6.07, 6.45) is 3.34. The highest BCUT2D eigenvalue weighted by Crippen LogP contribution is 2.33. The zero-order valence-corrected chi connectivity index (χ0v) is 14.5. The smallest absolute Gasteiger partial charge is 0.254 e. The molecule has 7 nitrogen and oxygen atoms in total. The summed E-state index contributed by atoms with van der Waals surface area (Å²) < 4.78 is 0. The molecule has 2 aromatic carbocycles. The first-order chi connectivity index (χ1) is 12.9. The van der Waals surface area contributed by atoms with Crippen molar-refractivity contribution in [2.75, 3.05) is 12.3 Å². The van der Waals surface area contributed by atoms with E-state index in [0.717, 1.165) is 27.5 Å². The van der Waals surface area contributed by atoms with Gasteiger partial charge in [0.2, 0.25) is 11.9 Å². The Kier molecular flexibility index (Phi) is 3.84. The van der Waals surface area contributed by atoms with Gasteiger partial charge in [0.25, 0.3) is 5.91 Å². The van der Waals surface area contributed by atoms with E-state index in [9.17, 15) is 9.59 Å². The van der Waals surface area contributed by atoms with Gasteiger partial charge in [0.05, 0.1) is 6.54 Å². The van der Waals surface area contributed by atoms with Gasteiger partial charge in [-0.15, -0.1) is 0 Å². The zero-order chi connectivity index (χ0) is 19.1. The normalized spacial score (nSPS) is 13.0. The zero-order valence-electron chi connectivity index (χ0n) is 14.5. The molecule has 0 unspecified atom stereocenters. The molecular weight excluding hydrogens is 342 g/mol. The second kappa shape index (κ2) is 6.21. The SMILES string of the molecule is C=C(CN1Cc2c(ccc3ccc(-c4cnc(N)nc4)cc23)C1=O)C(N)=O. The summed E-state index contributed by atoms with van der Waals surface area (Å²) in [5, 5.41) is 2.00. The number of aromatic nitrogens is 2. The van der Waals surface area contributed by atoms with Crippen molar-refractivity contribution in [3.8, 4) is 11.1 Å². The lowest BCUT2D eigenvalue weighted by Crippen LogP contribution is -2.30. The van der Waals surface area contributed by atoms with Crippen molar-refractivity contribution in [2.24, 2.45) is 5.73 Å². The summed E-state index contributed by atoms with van der Waals surface area (Å²) in [5.41, 5.74) is 14.3. The maximum Gasteiger partial charge on any atom is 0.254 e. The van der Waals surface area contributed by atoms with E-state index >= 15 is 0 Å². The molecule has 1 aliphatic rings. The van der Waals surface area contributed by atoms with E-state index in [-0.39, 0.29) is 24.0 Å². The molecule has 0 radical (unpaired) electrons. The number of amides is 2. The van der Waals surface area contributed by atoms with Gasteiger partial charge in [-0.25, -0.2) is 9.97 Å². The third-order valence-corrected chi connectivity index (χ3v) is 4.74. The molecule has 4 N–H and O–H groups in total. The summed E-state index contributed by atoms with van der Waals surface area (Å²) in [4.78, 5) is 33.6. The monoisotopic (exact) mass is 359 g/mol. The number of carbonyl (C=O) groups excluding carboxylic acids is 2. The molecule has 0 fully saturated rings. The van der Waals surface area contributed by atoms with Crippen molar-refractivity contribution in [3.63, 3.8) is 0 Å². The number of benzene rings is 2. The second-order valence-corrected chi connectivity index (χ2v) is 6.49. The molecular formula is C20H17N5O2. The Morgan fingerprint density at radius 1 is 1.15 bits per heavy atom. The van der Waals surface area contributed by atoms with Crippen LogP contribution < -0.4 is 11.5 Å². The van der Waals surface area contributed by atoms with E-state index < -0.39 is 5.91 Å². The molecule has 3 aromatic rings. The fourth-order valence-corrected chi connectivity index (χ4v) is 3.29. The van der Waals surface area contributed by atoms with E-state index in [4.69, 9.17) is 11.5 Å². The first-order valence-corrected chi connectivity index (χ1v) is 8.34. The van der Waals surface area contributed by atoms with Gasteiger partial charge in [-0.1, -0.05) is 24.8 Å². The molecule has 0 aliphatic carbocycles. The molecule has 0 bridgehead atoms. The van der Waals surface area contributed by atoms with Crippen LogP contribution in [0.4, 0.5) is 5.95 Å². The van der Waals surface area contributed by atoms with Crippen molar-refractivity contribution in [1.82, 2.24) is 14.9 Å². The Hall–Kier alpha value is -3.74. The summed E-state index contributed by atoms with van der Waals surface area (Å²) in [6.45, 7) is 4.17. The maximum atomic E-state index is 12.7. The fraction of sp³-hybridized carbons (Fsp3) is 0.100. The molecule has 0 saturated carbocycles. The van der Waals surface area contributed by atoms with E-state index in [0.29, 0.717) is 12.1 Å². The number of nitrogens with two attached hydrogens (primary N) is 2. The molecule has 0 atom stereocenters. The van der Waals surface area contributed by atoms with E-state index in [2.05, 4.69) is 16.5 Å². The third-order valence-electron chi connectivity index (χ3n) is 4.74. The van der Waals surface area contributed by atoms with Gasteiger partial charge < -0.3 is 16.4 Å². The third kappa shape index (κ3) is 2.89. The predicted octanol–water partition coefficient (Wildman–Crippen LogP) is 1.88. The maximum absolute atomic E-state index is 12.7. The Morgan fingerprint density at radius 2 is 1.85 bits per heavy atom. The number of rotatable bonds is 4. The minimum absolute atomic E-state index is 0.121. The number of carbonyl (C=O) groups is 2. The highest BCUT2D eigenvalue weighted by atomic mass is 16.2. The first-order valence-electron chi connectivity index (χ1n) is 8.34. The lowest BCUT2D eigenvalue weighted by molar-refractivity contribution is -0.114.